The average molecular weight is 351 g/mol. The van der Waals surface area contributed by atoms with Crippen LogP contribution in [-0.2, 0) is 9.59 Å². The highest BCUT2D eigenvalue weighted by Gasteiger charge is 2.33. The van der Waals surface area contributed by atoms with Crippen LogP contribution in [0.3, 0.4) is 0 Å². The Kier molecular flexibility index (Phi) is 6.34. The highest BCUT2D eigenvalue weighted by molar-refractivity contribution is 5.82. The van der Waals surface area contributed by atoms with Crippen LogP contribution in [0.1, 0.15) is 52.4 Å². The monoisotopic (exact) mass is 350 g/mol. The van der Waals surface area contributed by atoms with Gasteiger partial charge in [0.05, 0.1) is 12.1 Å². The molecule has 1 saturated carbocycles. The highest BCUT2D eigenvalue weighted by Crippen LogP contribution is 2.20. The van der Waals surface area contributed by atoms with E-state index in [0.29, 0.717) is 6.04 Å². The zero-order chi connectivity index (χ0) is 17.8. The maximum absolute atomic E-state index is 12.8. The quantitative estimate of drug-likeness (QED) is 0.806. The van der Waals surface area contributed by atoms with Gasteiger partial charge in [0, 0.05) is 45.3 Å². The molecule has 0 spiro atoms. The standard InChI is InChI=1S/C19H34N4O2/c1-15(18(24)20-17-7-8-17)21-11-13-22(14-12-21)16(2)19(25)23-9-5-3-4-6-10-23/h15-17H,3-14H2,1-2H3,(H,20,24). The predicted octanol–water partition coefficient (Wildman–Crippen LogP) is 1.06. The number of rotatable bonds is 5. The number of likely N-dealkylation sites (tertiary alicyclic amines) is 1. The summed E-state index contributed by atoms with van der Waals surface area (Å²) in [7, 11) is 0. The molecule has 3 aliphatic rings. The van der Waals surface area contributed by atoms with Crippen molar-refractivity contribution in [2.24, 2.45) is 0 Å². The van der Waals surface area contributed by atoms with Crippen LogP contribution in [0.15, 0.2) is 0 Å². The zero-order valence-corrected chi connectivity index (χ0v) is 15.9. The molecule has 1 N–H and O–H groups in total. The van der Waals surface area contributed by atoms with Gasteiger partial charge < -0.3 is 10.2 Å². The van der Waals surface area contributed by atoms with Crippen molar-refractivity contribution < 1.29 is 9.59 Å². The van der Waals surface area contributed by atoms with Crippen molar-refractivity contribution in [3.63, 3.8) is 0 Å². The first-order valence-electron chi connectivity index (χ1n) is 10.1. The first-order valence-corrected chi connectivity index (χ1v) is 10.1. The Morgan fingerprint density at radius 1 is 0.800 bits per heavy atom. The van der Waals surface area contributed by atoms with Crippen LogP contribution in [0.25, 0.3) is 0 Å². The van der Waals surface area contributed by atoms with Gasteiger partial charge >= 0.3 is 0 Å². The number of hydrogen-bond acceptors (Lipinski definition) is 4. The minimum Gasteiger partial charge on any atom is -0.352 e. The minimum atomic E-state index is -0.0700. The molecule has 1 aliphatic carbocycles. The van der Waals surface area contributed by atoms with E-state index in [0.717, 1.165) is 65.0 Å². The molecule has 2 saturated heterocycles. The molecule has 0 aromatic carbocycles. The summed E-state index contributed by atoms with van der Waals surface area (Å²) in [5, 5.41) is 3.10. The molecular weight excluding hydrogens is 316 g/mol. The van der Waals surface area contributed by atoms with Crippen LogP contribution in [0, 0.1) is 0 Å². The summed E-state index contributed by atoms with van der Waals surface area (Å²) in [4.78, 5) is 31.6. The van der Waals surface area contributed by atoms with E-state index in [1.165, 1.54) is 12.8 Å². The van der Waals surface area contributed by atoms with Crippen molar-refractivity contribution in [3.8, 4) is 0 Å². The third kappa shape index (κ3) is 4.94. The third-order valence-corrected chi connectivity index (χ3v) is 6.02. The molecule has 0 aromatic rings. The molecule has 142 valence electrons. The molecule has 0 aromatic heterocycles. The summed E-state index contributed by atoms with van der Waals surface area (Å²) in [6, 6.07) is 0.303. The molecule has 2 heterocycles. The van der Waals surface area contributed by atoms with Crippen LogP contribution in [-0.4, -0.2) is 83.9 Å². The van der Waals surface area contributed by atoms with E-state index < -0.39 is 0 Å². The molecule has 0 bridgehead atoms. The summed E-state index contributed by atoms with van der Waals surface area (Å²) in [5.74, 6) is 0.444. The Morgan fingerprint density at radius 2 is 1.32 bits per heavy atom. The summed E-state index contributed by atoms with van der Waals surface area (Å²) in [6.07, 6.45) is 7.03. The molecular formula is C19H34N4O2. The van der Waals surface area contributed by atoms with E-state index in [-0.39, 0.29) is 23.9 Å². The topological polar surface area (TPSA) is 55.9 Å². The fraction of sp³-hybridized carbons (Fsp3) is 0.895. The maximum atomic E-state index is 12.8. The second-order valence-corrected chi connectivity index (χ2v) is 7.95. The first-order chi connectivity index (χ1) is 12.1. The maximum Gasteiger partial charge on any atom is 0.239 e. The number of amides is 2. The zero-order valence-electron chi connectivity index (χ0n) is 15.9. The smallest absolute Gasteiger partial charge is 0.239 e. The Hall–Kier alpha value is -1.14. The molecule has 6 heteroatoms. The first kappa shape index (κ1) is 18.6. The van der Waals surface area contributed by atoms with E-state index in [4.69, 9.17) is 0 Å². The minimum absolute atomic E-state index is 0.0455. The fourth-order valence-electron chi connectivity index (χ4n) is 3.94. The lowest BCUT2D eigenvalue weighted by Crippen LogP contribution is -2.58. The van der Waals surface area contributed by atoms with Crippen molar-refractivity contribution in [2.45, 2.75) is 70.5 Å². The molecule has 2 aliphatic heterocycles. The van der Waals surface area contributed by atoms with E-state index in [1.807, 2.05) is 13.8 Å². The van der Waals surface area contributed by atoms with Crippen molar-refractivity contribution >= 4 is 11.8 Å². The lowest BCUT2D eigenvalue weighted by atomic mass is 10.1. The van der Waals surface area contributed by atoms with E-state index in [9.17, 15) is 9.59 Å². The van der Waals surface area contributed by atoms with E-state index in [1.54, 1.807) is 0 Å². The molecule has 3 rings (SSSR count). The van der Waals surface area contributed by atoms with Gasteiger partial charge in [-0.1, -0.05) is 12.8 Å². The van der Waals surface area contributed by atoms with Crippen molar-refractivity contribution in [1.29, 1.82) is 0 Å². The Labute approximate surface area is 151 Å². The van der Waals surface area contributed by atoms with Crippen LogP contribution in [0.2, 0.25) is 0 Å². The SMILES string of the molecule is CC(C(=O)NC1CC1)N1CCN(C(C)C(=O)N2CCCCCC2)CC1. The van der Waals surface area contributed by atoms with Gasteiger partial charge in [0.15, 0.2) is 0 Å². The van der Waals surface area contributed by atoms with Crippen molar-refractivity contribution in [3.05, 3.63) is 0 Å². The third-order valence-electron chi connectivity index (χ3n) is 6.02. The second-order valence-electron chi connectivity index (χ2n) is 7.95. The van der Waals surface area contributed by atoms with Crippen LogP contribution in [0.4, 0.5) is 0 Å². The summed E-state index contributed by atoms with van der Waals surface area (Å²) in [5.41, 5.74) is 0. The van der Waals surface area contributed by atoms with Crippen LogP contribution < -0.4 is 5.32 Å². The number of nitrogens with zero attached hydrogens (tertiary/aromatic N) is 3. The Morgan fingerprint density at radius 3 is 1.84 bits per heavy atom. The molecule has 0 radical (unpaired) electrons. The molecule has 2 unspecified atom stereocenters. The number of nitrogens with one attached hydrogen (secondary N) is 1. The average Bonchev–Trinajstić information content (AvgIpc) is 3.46. The van der Waals surface area contributed by atoms with Gasteiger partial charge in [-0.15, -0.1) is 0 Å². The Balaban J connectivity index is 1.45. The summed E-state index contributed by atoms with van der Waals surface area (Å²) < 4.78 is 0. The van der Waals surface area contributed by atoms with E-state index in [2.05, 4.69) is 20.0 Å². The number of piperazine rings is 1. The number of carbonyl (C=O) groups excluding carboxylic acids is 2. The largest absolute Gasteiger partial charge is 0.352 e. The lowest BCUT2D eigenvalue weighted by molar-refractivity contribution is -0.138. The molecule has 2 atom stereocenters. The number of carbonyl (C=O) groups is 2. The van der Waals surface area contributed by atoms with Crippen LogP contribution >= 0.6 is 0 Å². The summed E-state index contributed by atoms with van der Waals surface area (Å²) in [6.45, 7) is 9.33. The van der Waals surface area contributed by atoms with E-state index >= 15 is 0 Å². The van der Waals surface area contributed by atoms with Gasteiger partial charge in [0.2, 0.25) is 11.8 Å². The van der Waals surface area contributed by atoms with Gasteiger partial charge in [-0.05, 0) is 39.5 Å². The van der Waals surface area contributed by atoms with Gasteiger partial charge in [-0.3, -0.25) is 19.4 Å². The summed E-state index contributed by atoms with van der Waals surface area (Å²) >= 11 is 0. The molecule has 6 nitrogen and oxygen atoms in total. The van der Waals surface area contributed by atoms with Gasteiger partial charge in [-0.2, -0.15) is 0 Å². The Bertz CT molecular complexity index is 464. The second kappa shape index (κ2) is 8.49. The van der Waals surface area contributed by atoms with Gasteiger partial charge in [0.1, 0.15) is 0 Å². The number of hydrogen-bond donors (Lipinski definition) is 1. The fourth-order valence-corrected chi connectivity index (χ4v) is 3.94. The van der Waals surface area contributed by atoms with Crippen LogP contribution in [0.5, 0.6) is 0 Å². The predicted molar refractivity (Wildman–Crippen MR) is 98.3 cm³/mol. The van der Waals surface area contributed by atoms with Gasteiger partial charge in [-0.25, -0.2) is 0 Å². The van der Waals surface area contributed by atoms with Crippen molar-refractivity contribution in [1.82, 2.24) is 20.0 Å². The molecule has 25 heavy (non-hydrogen) atoms. The lowest BCUT2D eigenvalue weighted by Gasteiger charge is -2.40. The van der Waals surface area contributed by atoms with Crippen molar-refractivity contribution in [2.75, 3.05) is 39.3 Å². The molecule has 2 amide bonds. The van der Waals surface area contributed by atoms with Gasteiger partial charge in [0.25, 0.3) is 0 Å². The molecule has 3 fully saturated rings. The highest BCUT2D eigenvalue weighted by atomic mass is 16.2. The normalized spacial score (nSPS) is 25.9.